The number of carbonyl (C=O) groups excluding carboxylic acids is 1. The van der Waals surface area contributed by atoms with E-state index in [2.05, 4.69) is 0 Å². The number of benzene rings is 2. The summed E-state index contributed by atoms with van der Waals surface area (Å²) in [5, 5.41) is 11.3. The molecule has 3 heteroatoms. The molecule has 2 atom stereocenters. The first-order valence-electron chi connectivity index (χ1n) is 7.73. The van der Waals surface area contributed by atoms with E-state index in [-0.39, 0.29) is 11.9 Å². The average molecular weight is 295 g/mol. The molecule has 0 aliphatic carbocycles. The van der Waals surface area contributed by atoms with E-state index in [1.54, 1.807) is 6.92 Å². The van der Waals surface area contributed by atoms with Gasteiger partial charge in [0.05, 0.1) is 6.04 Å². The van der Waals surface area contributed by atoms with Gasteiger partial charge < -0.3 is 10.0 Å². The zero-order valence-electron chi connectivity index (χ0n) is 12.8. The van der Waals surface area contributed by atoms with Crippen LogP contribution in [0.5, 0.6) is 0 Å². The van der Waals surface area contributed by atoms with E-state index in [4.69, 9.17) is 0 Å². The number of carbonyl (C=O) groups is 1. The SMILES string of the molecule is CC(O)(c1ccccc1)C(c1ccccc1)N1CCCC1=O. The highest BCUT2D eigenvalue weighted by molar-refractivity contribution is 5.78. The molecule has 1 amide bonds. The van der Waals surface area contributed by atoms with Crippen LogP contribution < -0.4 is 0 Å². The van der Waals surface area contributed by atoms with Crippen molar-refractivity contribution >= 4 is 5.91 Å². The second-order valence-electron chi connectivity index (χ2n) is 6.02. The van der Waals surface area contributed by atoms with Crippen LogP contribution in [0.15, 0.2) is 60.7 Å². The van der Waals surface area contributed by atoms with Gasteiger partial charge >= 0.3 is 0 Å². The van der Waals surface area contributed by atoms with Crippen molar-refractivity contribution in [2.75, 3.05) is 6.54 Å². The lowest BCUT2D eigenvalue weighted by molar-refractivity contribution is -0.136. The monoisotopic (exact) mass is 295 g/mol. The van der Waals surface area contributed by atoms with Gasteiger partial charge in [-0.3, -0.25) is 4.79 Å². The van der Waals surface area contributed by atoms with Crippen LogP contribution in [-0.4, -0.2) is 22.5 Å². The second-order valence-corrected chi connectivity index (χ2v) is 6.02. The molecule has 114 valence electrons. The van der Waals surface area contributed by atoms with Crippen molar-refractivity contribution in [2.24, 2.45) is 0 Å². The van der Waals surface area contributed by atoms with Gasteiger partial charge in [-0.25, -0.2) is 0 Å². The van der Waals surface area contributed by atoms with E-state index in [0.29, 0.717) is 13.0 Å². The first-order valence-corrected chi connectivity index (χ1v) is 7.73. The highest BCUT2D eigenvalue weighted by Gasteiger charge is 2.42. The third kappa shape index (κ3) is 2.64. The van der Waals surface area contributed by atoms with Crippen LogP contribution in [0, 0.1) is 0 Å². The molecule has 1 aliphatic rings. The molecule has 2 aromatic carbocycles. The Morgan fingerprint density at radius 3 is 2.18 bits per heavy atom. The fourth-order valence-corrected chi connectivity index (χ4v) is 3.32. The molecule has 0 bridgehead atoms. The Bertz CT molecular complexity index is 637. The lowest BCUT2D eigenvalue weighted by atomic mass is 9.83. The molecule has 0 aromatic heterocycles. The molecule has 2 aromatic rings. The summed E-state index contributed by atoms with van der Waals surface area (Å²) >= 11 is 0. The molecule has 22 heavy (non-hydrogen) atoms. The first kappa shape index (κ1) is 14.8. The summed E-state index contributed by atoms with van der Waals surface area (Å²) in [4.78, 5) is 14.1. The maximum atomic E-state index is 12.3. The van der Waals surface area contributed by atoms with Crippen molar-refractivity contribution in [3.05, 3.63) is 71.8 Å². The van der Waals surface area contributed by atoms with E-state index in [9.17, 15) is 9.90 Å². The molecule has 1 saturated heterocycles. The fraction of sp³-hybridized carbons (Fsp3) is 0.316. The quantitative estimate of drug-likeness (QED) is 0.940. The Morgan fingerprint density at radius 1 is 1.05 bits per heavy atom. The van der Waals surface area contributed by atoms with Crippen LogP contribution in [0.3, 0.4) is 0 Å². The summed E-state index contributed by atoms with van der Waals surface area (Å²) < 4.78 is 0. The van der Waals surface area contributed by atoms with Crippen molar-refractivity contribution in [1.82, 2.24) is 4.90 Å². The topological polar surface area (TPSA) is 40.5 Å². The number of nitrogens with zero attached hydrogens (tertiary/aromatic N) is 1. The molecular weight excluding hydrogens is 274 g/mol. The summed E-state index contributed by atoms with van der Waals surface area (Å²) in [6.07, 6.45) is 1.42. The predicted octanol–water partition coefficient (Wildman–Crippen LogP) is 3.26. The van der Waals surface area contributed by atoms with Crippen molar-refractivity contribution in [2.45, 2.75) is 31.4 Å². The Labute approximate surface area is 131 Å². The maximum Gasteiger partial charge on any atom is 0.223 e. The molecular formula is C19H21NO2. The molecule has 1 N–H and O–H groups in total. The Balaban J connectivity index is 2.07. The number of rotatable bonds is 4. The van der Waals surface area contributed by atoms with Gasteiger partial charge in [0.25, 0.3) is 0 Å². The van der Waals surface area contributed by atoms with Gasteiger partial charge in [0.2, 0.25) is 5.91 Å². The van der Waals surface area contributed by atoms with Gasteiger partial charge in [0.15, 0.2) is 0 Å². The fourth-order valence-electron chi connectivity index (χ4n) is 3.32. The molecule has 0 spiro atoms. The summed E-state index contributed by atoms with van der Waals surface area (Å²) in [7, 11) is 0. The second kappa shape index (κ2) is 5.93. The van der Waals surface area contributed by atoms with Crippen LogP contribution in [0.2, 0.25) is 0 Å². The van der Waals surface area contributed by atoms with Gasteiger partial charge in [-0.2, -0.15) is 0 Å². The standard InChI is InChI=1S/C19H21NO2/c1-19(22,16-11-6-3-7-12-16)18(15-9-4-2-5-10-15)20-14-8-13-17(20)21/h2-7,9-12,18,22H,8,13-14H2,1H3. The predicted molar refractivity (Wildman–Crippen MR) is 86.1 cm³/mol. The molecule has 3 rings (SSSR count). The zero-order chi connectivity index (χ0) is 15.6. The van der Waals surface area contributed by atoms with Crippen LogP contribution in [0.4, 0.5) is 0 Å². The summed E-state index contributed by atoms with van der Waals surface area (Å²) in [5.41, 5.74) is 0.651. The average Bonchev–Trinajstić information content (AvgIpc) is 2.95. The molecule has 1 fully saturated rings. The Morgan fingerprint density at radius 2 is 1.64 bits per heavy atom. The smallest absolute Gasteiger partial charge is 0.223 e. The largest absolute Gasteiger partial charge is 0.383 e. The number of hydrogen-bond donors (Lipinski definition) is 1. The third-order valence-corrected chi connectivity index (χ3v) is 4.43. The van der Waals surface area contributed by atoms with Crippen LogP contribution >= 0.6 is 0 Å². The van der Waals surface area contributed by atoms with Gasteiger partial charge in [-0.1, -0.05) is 60.7 Å². The van der Waals surface area contributed by atoms with Crippen LogP contribution in [0.25, 0.3) is 0 Å². The first-order chi connectivity index (χ1) is 10.6. The molecule has 1 aliphatic heterocycles. The molecule has 0 radical (unpaired) electrons. The Kier molecular flexibility index (Phi) is 3.99. The van der Waals surface area contributed by atoms with E-state index in [1.807, 2.05) is 65.6 Å². The molecule has 2 unspecified atom stereocenters. The molecule has 1 heterocycles. The van der Waals surface area contributed by atoms with E-state index < -0.39 is 5.60 Å². The molecule has 3 nitrogen and oxygen atoms in total. The number of amides is 1. The minimum absolute atomic E-state index is 0.116. The van der Waals surface area contributed by atoms with Gasteiger partial charge in [-0.15, -0.1) is 0 Å². The van der Waals surface area contributed by atoms with E-state index in [0.717, 1.165) is 17.5 Å². The van der Waals surface area contributed by atoms with Gasteiger partial charge in [0, 0.05) is 13.0 Å². The van der Waals surface area contributed by atoms with E-state index >= 15 is 0 Å². The van der Waals surface area contributed by atoms with Crippen LogP contribution in [0.1, 0.15) is 36.9 Å². The van der Waals surface area contributed by atoms with Crippen molar-refractivity contribution in [1.29, 1.82) is 0 Å². The van der Waals surface area contributed by atoms with Crippen molar-refractivity contribution < 1.29 is 9.90 Å². The maximum absolute atomic E-state index is 12.3. The lowest BCUT2D eigenvalue weighted by Gasteiger charge is -2.39. The zero-order valence-corrected chi connectivity index (χ0v) is 12.8. The number of aliphatic hydroxyl groups is 1. The highest BCUT2D eigenvalue weighted by atomic mass is 16.3. The van der Waals surface area contributed by atoms with Crippen molar-refractivity contribution in [3.8, 4) is 0 Å². The summed E-state index contributed by atoms with van der Waals surface area (Å²) in [6.45, 7) is 2.49. The summed E-state index contributed by atoms with van der Waals surface area (Å²) in [6, 6.07) is 19.0. The van der Waals surface area contributed by atoms with Gasteiger partial charge in [0.1, 0.15) is 5.60 Å². The third-order valence-electron chi connectivity index (χ3n) is 4.43. The van der Waals surface area contributed by atoms with Crippen LogP contribution in [-0.2, 0) is 10.4 Å². The number of hydrogen-bond acceptors (Lipinski definition) is 2. The minimum atomic E-state index is -1.14. The summed E-state index contributed by atoms with van der Waals surface area (Å²) in [5.74, 6) is 0.116. The highest BCUT2D eigenvalue weighted by Crippen LogP contribution is 2.41. The van der Waals surface area contributed by atoms with E-state index in [1.165, 1.54) is 0 Å². The normalized spacial score (nSPS) is 19.0. The minimum Gasteiger partial charge on any atom is -0.383 e. The van der Waals surface area contributed by atoms with Crippen molar-refractivity contribution in [3.63, 3.8) is 0 Å². The lowest BCUT2D eigenvalue weighted by Crippen LogP contribution is -2.43. The van der Waals surface area contributed by atoms with Gasteiger partial charge in [-0.05, 0) is 24.5 Å². The molecule has 0 saturated carbocycles. The Hall–Kier alpha value is -2.13. The number of likely N-dealkylation sites (tertiary alicyclic amines) is 1.